The summed E-state index contributed by atoms with van der Waals surface area (Å²) in [6.07, 6.45) is 5.76. The van der Waals surface area contributed by atoms with Crippen LogP contribution >= 0.6 is 0 Å². The zero-order chi connectivity index (χ0) is 13.1. The molecule has 0 spiro atoms. The van der Waals surface area contributed by atoms with E-state index < -0.39 is 0 Å². The maximum Gasteiger partial charge on any atom is 0.222 e. The summed E-state index contributed by atoms with van der Waals surface area (Å²) in [5.41, 5.74) is 0. The Hall–Kier alpha value is -0.570. The van der Waals surface area contributed by atoms with Crippen LogP contribution in [-0.4, -0.2) is 36.0 Å². The van der Waals surface area contributed by atoms with E-state index in [2.05, 4.69) is 26.1 Å². The van der Waals surface area contributed by atoms with Crippen LogP contribution in [0.3, 0.4) is 0 Å². The molecule has 1 amide bonds. The first kappa shape index (κ1) is 13.9. The molecule has 2 fully saturated rings. The molecule has 0 aromatic rings. The Bertz CT molecular complexity index is 282. The number of hydrogen-bond acceptors (Lipinski definition) is 2. The van der Waals surface area contributed by atoms with Crippen LogP contribution in [0.4, 0.5) is 0 Å². The second-order valence-corrected chi connectivity index (χ2v) is 6.63. The van der Waals surface area contributed by atoms with Gasteiger partial charge in [0.2, 0.25) is 5.91 Å². The van der Waals surface area contributed by atoms with Gasteiger partial charge in [0.05, 0.1) is 0 Å². The number of carbonyl (C=O) groups is 1. The summed E-state index contributed by atoms with van der Waals surface area (Å²) in [6, 6.07) is 1.08. The average molecular weight is 252 g/mol. The van der Waals surface area contributed by atoms with E-state index in [9.17, 15) is 4.79 Å². The van der Waals surface area contributed by atoms with Crippen LogP contribution in [0.25, 0.3) is 0 Å². The zero-order valence-corrected chi connectivity index (χ0v) is 12.1. The lowest BCUT2D eigenvalue weighted by atomic mass is 9.80. The third-order valence-corrected chi connectivity index (χ3v) is 4.36. The van der Waals surface area contributed by atoms with Crippen LogP contribution in [0.5, 0.6) is 0 Å². The van der Waals surface area contributed by atoms with Crippen molar-refractivity contribution in [2.45, 2.75) is 65.0 Å². The van der Waals surface area contributed by atoms with E-state index in [-0.39, 0.29) is 0 Å². The molecule has 1 heterocycles. The van der Waals surface area contributed by atoms with Crippen LogP contribution in [0, 0.1) is 11.8 Å². The first-order chi connectivity index (χ1) is 8.54. The molecule has 0 radical (unpaired) electrons. The molecule has 0 aromatic carbocycles. The van der Waals surface area contributed by atoms with Gasteiger partial charge in [-0.25, -0.2) is 0 Å². The molecular formula is C15H28N2O. The largest absolute Gasteiger partial charge is 0.341 e. The zero-order valence-electron chi connectivity index (χ0n) is 12.1. The highest BCUT2D eigenvalue weighted by Crippen LogP contribution is 2.28. The minimum atomic E-state index is 0.342. The molecule has 0 aromatic heterocycles. The van der Waals surface area contributed by atoms with Crippen LogP contribution in [0.1, 0.15) is 52.9 Å². The molecule has 2 aliphatic rings. The van der Waals surface area contributed by atoms with Crippen molar-refractivity contribution < 1.29 is 4.79 Å². The minimum absolute atomic E-state index is 0.342. The van der Waals surface area contributed by atoms with Crippen molar-refractivity contribution in [1.29, 1.82) is 0 Å². The number of hydrogen-bond donors (Lipinski definition) is 1. The Labute approximate surface area is 111 Å². The molecule has 1 saturated carbocycles. The molecule has 3 atom stereocenters. The van der Waals surface area contributed by atoms with Gasteiger partial charge in [0.15, 0.2) is 0 Å². The van der Waals surface area contributed by atoms with Crippen molar-refractivity contribution in [1.82, 2.24) is 10.2 Å². The summed E-state index contributed by atoms with van der Waals surface area (Å²) in [7, 11) is 0. The fourth-order valence-corrected chi connectivity index (χ4v) is 3.77. The molecule has 2 rings (SSSR count). The van der Waals surface area contributed by atoms with Gasteiger partial charge in [0.25, 0.3) is 0 Å². The van der Waals surface area contributed by atoms with Crippen LogP contribution < -0.4 is 5.32 Å². The highest BCUT2D eigenvalue weighted by atomic mass is 16.2. The van der Waals surface area contributed by atoms with Gasteiger partial charge in [0.1, 0.15) is 0 Å². The van der Waals surface area contributed by atoms with E-state index in [0.717, 1.165) is 37.8 Å². The number of amides is 1. The topological polar surface area (TPSA) is 32.3 Å². The molecule has 3 heteroatoms. The number of nitrogens with one attached hydrogen (secondary N) is 1. The molecule has 1 aliphatic carbocycles. The average Bonchev–Trinajstić information content (AvgIpc) is 2.62. The van der Waals surface area contributed by atoms with Gasteiger partial charge in [-0.3, -0.25) is 4.79 Å². The van der Waals surface area contributed by atoms with E-state index in [4.69, 9.17) is 0 Å². The first-order valence-corrected chi connectivity index (χ1v) is 7.58. The van der Waals surface area contributed by atoms with Crippen molar-refractivity contribution >= 4 is 5.91 Å². The predicted molar refractivity (Wildman–Crippen MR) is 74.4 cm³/mol. The van der Waals surface area contributed by atoms with E-state index in [1.54, 1.807) is 0 Å². The van der Waals surface area contributed by atoms with Crippen LogP contribution in [-0.2, 0) is 4.79 Å². The third-order valence-electron chi connectivity index (χ3n) is 4.36. The second kappa shape index (κ2) is 6.05. The number of nitrogens with zero attached hydrogens (tertiary/aromatic N) is 1. The van der Waals surface area contributed by atoms with Gasteiger partial charge in [-0.15, -0.1) is 0 Å². The van der Waals surface area contributed by atoms with Crippen molar-refractivity contribution in [3.05, 3.63) is 0 Å². The van der Waals surface area contributed by atoms with E-state index in [1.807, 2.05) is 4.90 Å². The number of carbonyl (C=O) groups excluding carboxylic acids is 1. The minimum Gasteiger partial charge on any atom is -0.341 e. The molecule has 1 saturated heterocycles. The molecule has 3 unspecified atom stereocenters. The summed E-state index contributed by atoms with van der Waals surface area (Å²) in [6.45, 7) is 8.79. The Morgan fingerprint density at radius 3 is 2.50 bits per heavy atom. The highest BCUT2D eigenvalue weighted by Gasteiger charge is 2.26. The summed E-state index contributed by atoms with van der Waals surface area (Å²) < 4.78 is 0. The lowest BCUT2D eigenvalue weighted by Crippen LogP contribution is -2.46. The van der Waals surface area contributed by atoms with E-state index in [1.165, 1.54) is 19.3 Å². The van der Waals surface area contributed by atoms with Gasteiger partial charge in [-0.2, -0.15) is 0 Å². The van der Waals surface area contributed by atoms with Crippen molar-refractivity contribution in [2.24, 2.45) is 11.8 Å². The first-order valence-electron chi connectivity index (χ1n) is 7.58. The van der Waals surface area contributed by atoms with Gasteiger partial charge in [-0.05, 0) is 44.4 Å². The maximum absolute atomic E-state index is 11.6. The molecule has 104 valence electrons. The Balaban J connectivity index is 1.76. The standard InChI is InChI=1S/C15H28N2O/c1-11-7-12(2)9-14(8-11)16-13(3)10-17-6-4-5-15(17)18/h11-14,16H,4-10H2,1-3H3. The van der Waals surface area contributed by atoms with E-state index >= 15 is 0 Å². The van der Waals surface area contributed by atoms with Gasteiger partial charge in [0, 0.05) is 31.6 Å². The van der Waals surface area contributed by atoms with Gasteiger partial charge < -0.3 is 10.2 Å². The van der Waals surface area contributed by atoms with Gasteiger partial charge in [-0.1, -0.05) is 13.8 Å². The van der Waals surface area contributed by atoms with Crippen LogP contribution in [0.2, 0.25) is 0 Å². The van der Waals surface area contributed by atoms with Crippen LogP contribution in [0.15, 0.2) is 0 Å². The maximum atomic E-state index is 11.6. The Kier molecular flexibility index (Phi) is 4.66. The fourth-order valence-electron chi connectivity index (χ4n) is 3.77. The molecule has 3 nitrogen and oxygen atoms in total. The summed E-state index contributed by atoms with van der Waals surface area (Å²) in [4.78, 5) is 13.6. The number of rotatable bonds is 4. The Morgan fingerprint density at radius 1 is 1.28 bits per heavy atom. The van der Waals surface area contributed by atoms with Crippen molar-refractivity contribution in [2.75, 3.05) is 13.1 Å². The third kappa shape index (κ3) is 3.71. The normalized spacial score (nSPS) is 34.9. The molecule has 18 heavy (non-hydrogen) atoms. The number of likely N-dealkylation sites (tertiary alicyclic amines) is 1. The summed E-state index contributed by atoms with van der Waals surface area (Å²) in [5.74, 6) is 2.02. The Morgan fingerprint density at radius 2 is 1.94 bits per heavy atom. The van der Waals surface area contributed by atoms with Crippen molar-refractivity contribution in [3.8, 4) is 0 Å². The molecule has 0 bridgehead atoms. The summed E-state index contributed by atoms with van der Waals surface area (Å²) in [5, 5.41) is 3.73. The summed E-state index contributed by atoms with van der Waals surface area (Å²) >= 11 is 0. The molecule has 1 N–H and O–H groups in total. The highest BCUT2D eigenvalue weighted by molar-refractivity contribution is 5.78. The molecular weight excluding hydrogens is 224 g/mol. The second-order valence-electron chi connectivity index (χ2n) is 6.63. The van der Waals surface area contributed by atoms with Gasteiger partial charge >= 0.3 is 0 Å². The lowest BCUT2D eigenvalue weighted by Gasteiger charge is -2.34. The predicted octanol–water partition coefficient (Wildman–Crippen LogP) is 2.41. The lowest BCUT2D eigenvalue weighted by molar-refractivity contribution is -0.128. The smallest absolute Gasteiger partial charge is 0.222 e. The van der Waals surface area contributed by atoms with E-state index in [0.29, 0.717) is 18.0 Å². The van der Waals surface area contributed by atoms with Crippen molar-refractivity contribution in [3.63, 3.8) is 0 Å². The molecule has 1 aliphatic heterocycles. The monoisotopic (exact) mass is 252 g/mol. The quantitative estimate of drug-likeness (QED) is 0.833. The SMILES string of the molecule is CC1CC(C)CC(NC(C)CN2CCCC2=O)C1. The fraction of sp³-hybridized carbons (Fsp3) is 0.933.